The molecule has 6 bridgehead atoms. The normalized spacial score (nSPS) is 28.2. The maximum Gasteiger partial charge on any atom is 0.324 e. The van der Waals surface area contributed by atoms with E-state index in [2.05, 4.69) is 81.7 Å². The van der Waals surface area contributed by atoms with Crippen molar-refractivity contribution in [3.05, 3.63) is 57.7 Å². The first kappa shape index (κ1) is 53.3. The highest BCUT2D eigenvalue weighted by Gasteiger charge is 2.53. The van der Waals surface area contributed by atoms with E-state index in [4.69, 9.17) is 38.4 Å². The Morgan fingerprint density at radius 1 is 0.987 bits per heavy atom. The van der Waals surface area contributed by atoms with Gasteiger partial charge in [-0.15, -0.1) is 11.3 Å². The lowest BCUT2D eigenvalue weighted by molar-refractivity contribution is -0.185. The molecule has 7 aliphatic heterocycles. The molecule has 4 aromatic rings. The van der Waals surface area contributed by atoms with E-state index in [1.807, 2.05) is 6.92 Å². The summed E-state index contributed by atoms with van der Waals surface area (Å²) >= 11 is 1.51. The molecule has 1 spiro atoms. The summed E-state index contributed by atoms with van der Waals surface area (Å²) in [5.74, 6) is -0.686. The highest BCUT2D eigenvalue weighted by Crippen LogP contribution is 2.46. The van der Waals surface area contributed by atoms with Gasteiger partial charge in [0.2, 0.25) is 5.91 Å². The van der Waals surface area contributed by atoms with Crippen LogP contribution >= 0.6 is 11.3 Å². The number of aromatic nitrogens is 3. The number of thiazole rings is 1. The molecule has 1 saturated carbocycles. The summed E-state index contributed by atoms with van der Waals surface area (Å²) in [6.45, 7) is 15.5. The standard InChI is InChI=1S/C59H80N8O9S/c1-36-27-49(76-36)54(68)62-51-53(65-33-59(34-65)18-6-7-23-75-59)55-61-47(32-77-55)39-10-13-48-43(28-39)45(30-58(3,4)35-74-57(70)46-9-8-19-67(63-46)56(51)69)52(66(48)22-26-73-42-16-24-72-25-17-42)44-29-40(31-60-50(44)37(2)71-5)38-14-20-64(21-15-38)41-11-12-41/h10,13,28-29,31-32,36-38,41-42,46,49,51,53,63H,6-9,11-12,14-27,30,33-35H2,1-5H3,(H,62,68)/t36-,37+,46+,49-,51+,53+/m1/s1. The molecule has 77 heavy (non-hydrogen) atoms. The Morgan fingerprint density at radius 3 is 2.53 bits per heavy atom. The van der Waals surface area contributed by atoms with Gasteiger partial charge in [-0.1, -0.05) is 19.9 Å². The highest BCUT2D eigenvalue weighted by molar-refractivity contribution is 7.10. The number of hydrazine groups is 1. The van der Waals surface area contributed by atoms with Crippen LogP contribution in [0.3, 0.4) is 0 Å². The Morgan fingerprint density at radius 2 is 1.79 bits per heavy atom. The number of amides is 2. The molecule has 6 atom stereocenters. The number of hydrogen-bond donors (Lipinski definition) is 2. The Balaban J connectivity index is 0.999. The molecule has 18 heteroatoms. The molecule has 416 valence electrons. The molecule has 6 saturated heterocycles. The van der Waals surface area contributed by atoms with Crippen molar-refractivity contribution in [1.29, 1.82) is 0 Å². The third kappa shape index (κ3) is 11.1. The van der Waals surface area contributed by atoms with E-state index in [-0.39, 0.29) is 42.3 Å². The van der Waals surface area contributed by atoms with Gasteiger partial charge < -0.3 is 43.2 Å². The van der Waals surface area contributed by atoms with Crippen molar-refractivity contribution in [2.45, 2.75) is 178 Å². The first-order chi connectivity index (χ1) is 37.3. The molecule has 0 radical (unpaired) electrons. The summed E-state index contributed by atoms with van der Waals surface area (Å²) in [7, 11) is 1.75. The van der Waals surface area contributed by atoms with Crippen LogP contribution in [-0.2, 0) is 55.8 Å². The average Bonchev–Trinajstić information content (AvgIpc) is 4.14. The number of esters is 1. The van der Waals surface area contributed by atoms with Crippen LogP contribution in [0, 0.1) is 5.41 Å². The molecule has 7 fully saturated rings. The predicted octanol–water partition coefficient (Wildman–Crippen LogP) is 7.65. The van der Waals surface area contributed by atoms with Gasteiger partial charge in [-0.25, -0.2) is 10.4 Å². The Hall–Kier alpha value is -4.37. The molecule has 3 aromatic heterocycles. The lowest BCUT2D eigenvalue weighted by Gasteiger charge is -2.55. The van der Waals surface area contributed by atoms with Crippen molar-refractivity contribution >= 4 is 40.0 Å². The minimum absolute atomic E-state index is 0.0443. The van der Waals surface area contributed by atoms with Crippen molar-refractivity contribution in [3.8, 4) is 22.5 Å². The topological polar surface area (TPSA) is 171 Å². The van der Waals surface area contributed by atoms with Crippen LogP contribution in [0.4, 0.5) is 0 Å². The zero-order valence-corrected chi connectivity index (χ0v) is 46.7. The van der Waals surface area contributed by atoms with E-state index in [1.165, 1.54) is 34.8 Å². The van der Waals surface area contributed by atoms with Gasteiger partial charge in [0.15, 0.2) is 0 Å². The van der Waals surface area contributed by atoms with E-state index in [1.54, 1.807) is 7.11 Å². The lowest BCUT2D eigenvalue weighted by Crippen LogP contribution is -2.69. The molecular formula is C59H80N8O9S. The third-order valence-electron chi connectivity index (χ3n) is 18.0. The minimum Gasteiger partial charge on any atom is -0.464 e. The van der Waals surface area contributed by atoms with Gasteiger partial charge in [-0.3, -0.25) is 29.3 Å². The largest absolute Gasteiger partial charge is 0.464 e. The second-order valence-electron chi connectivity index (χ2n) is 24.3. The summed E-state index contributed by atoms with van der Waals surface area (Å²) in [6.07, 6.45) is 13.0. The summed E-state index contributed by atoms with van der Waals surface area (Å²) in [5.41, 5.74) is 10.6. The monoisotopic (exact) mass is 1080 g/mol. The van der Waals surface area contributed by atoms with E-state index >= 15 is 4.79 Å². The third-order valence-corrected chi connectivity index (χ3v) is 18.9. The number of fused-ring (bicyclic) bond motifs is 6. The van der Waals surface area contributed by atoms with Crippen LogP contribution in [0.2, 0.25) is 0 Å². The van der Waals surface area contributed by atoms with Gasteiger partial charge in [0.05, 0.1) is 60.3 Å². The summed E-state index contributed by atoms with van der Waals surface area (Å²) in [6, 6.07) is 7.40. The quantitative estimate of drug-likeness (QED) is 0.133. The molecule has 12 rings (SSSR count). The fraction of sp³-hybridized carbons (Fsp3) is 0.678. The number of ether oxygens (including phenoxy) is 6. The van der Waals surface area contributed by atoms with Gasteiger partial charge in [-0.2, -0.15) is 0 Å². The van der Waals surface area contributed by atoms with Crippen LogP contribution in [0.5, 0.6) is 0 Å². The second-order valence-corrected chi connectivity index (χ2v) is 25.2. The number of cyclic esters (lactones) is 1. The first-order valence-electron chi connectivity index (χ1n) is 29.0. The number of pyridine rings is 1. The second kappa shape index (κ2) is 22.3. The van der Waals surface area contributed by atoms with Crippen molar-refractivity contribution < 1.29 is 42.8 Å². The minimum atomic E-state index is -1.05. The van der Waals surface area contributed by atoms with Crippen molar-refractivity contribution in [2.24, 2.45) is 5.41 Å². The van der Waals surface area contributed by atoms with Gasteiger partial charge >= 0.3 is 5.97 Å². The average molecular weight is 1080 g/mol. The SMILES string of the molecule is CO[C@@H](C)c1ncc(C2CCN(C3CC3)CC2)cc1-c1c2c3cc(ccc3n1CCOC1CCOCC1)-c1csc(n1)[C@@H](N1CC3(CCCCO3)C1)[C@H](NC(=O)[C@H]1C[C@@H](C)O1)C(=O)N1CCC[C@H](N1)C(=O)OCC(C)(C)C2. The molecule has 2 amide bonds. The number of nitrogens with zero attached hydrogens (tertiary/aromatic N) is 6. The van der Waals surface area contributed by atoms with Gasteiger partial charge in [-0.05, 0) is 139 Å². The summed E-state index contributed by atoms with van der Waals surface area (Å²) in [4.78, 5) is 59.5. The van der Waals surface area contributed by atoms with Crippen molar-refractivity contribution in [2.75, 3.05) is 72.9 Å². The van der Waals surface area contributed by atoms with Crippen LogP contribution in [0.25, 0.3) is 33.4 Å². The Labute approximate surface area is 457 Å². The zero-order valence-electron chi connectivity index (χ0n) is 45.9. The van der Waals surface area contributed by atoms with Crippen LogP contribution in [0.15, 0.2) is 35.8 Å². The predicted molar refractivity (Wildman–Crippen MR) is 292 cm³/mol. The number of rotatable bonds is 12. The molecule has 0 unspecified atom stereocenters. The van der Waals surface area contributed by atoms with E-state index in [0.29, 0.717) is 84.2 Å². The van der Waals surface area contributed by atoms with Crippen LogP contribution in [0.1, 0.15) is 145 Å². The number of piperidine rings is 1. The van der Waals surface area contributed by atoms with Gasteiger partial charge in [0.25, 0.3) is 5.91 Å². The zero-order chi connectivity index (χ0) is 53.0. The van der Waals surface area contributed by atoms with Crippen LogP contribution < -0.4 is 10.7 Å². The highest BCUT2D eigenvalue weighted by atomic mass is 32.1. The molecule has 1 aliphatic carbocycles. The number of hydrogen-bond acceptors (Lipinski definition) is 15. The molecule has 2 N–H and O–H groups in total. The molecule has 10 heterocycles. The Kier molecular flexibility index (Phi) is 15.4. The fourth-order valence-corrected chi connectivity index (χ4v) is 14.4. The smallest absolute Gasteiger partial charge is 0.324 e. The van der Waals surface area contributed by atoms with Crippen LogP contribution in [-0.4, -0.2) is 162 Å². The summed E-state index contributed by atoms with van der Waals surface area (Å²) in [5, 5.41) is 8.62. The van der Waals surface area contributed by atoms with Gasteiger partial charge in [0.1, 0.15) is 23.2 Å². The molecule has 8 aliphatic rings. The number of nitrogens with one attached hydrogen (secondary N) is 2. The van der Waals surface area contributed by atoms with Crippen molar-refractivity contribution in [3.63, 3.8) is 0 Å². The molecular weight excluding hydrogens is 997 g/mol. The van der Waals surface area contributed by atoms with E-state index in [9.17, 15) is 9.59 Å². The summed E-state index contributed by atoms with van der Waals surface area (Å²) < 4.78 is 39.7. The van der Waals surface area contributed by atoms with E-state index in [0.717, 1.165) is 114 Å². The van der Waals surface area contributed by atoms with Gasteiger partial charge in [0, 0.05) is 105 Å². The number of likely N-dealkylation sites (tertiary alicyclic amines) is 2. The molecule has 1 aromatic carbocycles. The molecule has 17 nitrogen and oxygen atoms in total. The van der Waals surface area contributed by atoms with E-state index < -0.39 is 35.6 Å². The first-order valence-corrected chi connectivity index (χ1v) is 29.9. The Bertz CT molecular complexity index is 2780. The maximum atomic E-state index is 15.3. The number of carbonyl (C=O) groups is 3. The fourth-order valence-electron chi connectivity index (χ4n) is 13.4. The number of methoxy groups -OCH3 is 1. The number of benzene rings is 1. The maximum absolute atomic E-state index is 15.3. The van der Waals surface area contributed by atoms with Crippen molar-refractivity contribution in [1.82, 2.24) is 40.1 Å². The number of carbonyl (C=O) groups excluding carboxylic acids is 3. The lowest BCUT2D eigenvalue weighted by atomic mass is 9.83.